The molecule has 180 valence electrons. The fraction of sp³-hybridized carbons (Fsp3) is 0.143. The molecule has 0 bridgehead atoms. The molecule has 7 nitrogen and oxygen atoms in total. The normalized spacial score (nSPS) is 10.9. The van der Waals surface area contributed by atoms with E-state index in [4.69, 9.17) is 9.52 Å². The number of aryl methyl sites for hydroxylation is 2. The van der Waals surface area contributed by atoms with Crippen molar-refractivity contribution in [2.24, 2.45) is 0 Å². The molecule has 0 fully saturated rings. The van der Waals surface area contributed by atoms with Crippen LogP contribution in [0.25, 0.3) is 28.4 Å². The van der Waals surface area contributed by atoms with Gasteiger partial charge in [0.1, 0.15) is 5.82 Å². The maximum atomic E-state index is 13.5. The number of carbonyl (C=O) groups is 1. The fourth-order valence-electron chi connectivity index (χ4n) is 3.77. The molecule has 1 amide bonds. The average molecular weight is 482 g/mol. The third kappa shape index (κ3) is 5.38. The van der Waals surface area contributed by atoms with Crippen molar-refractivity contribution in [3.05, 3.63) is 108 Å². The maximum absolute atomic E-state index is 13.5. The summed E-state index contributed by atoms with van der Waals surface area (Å²) < 4.78 is 20.9. The second-order valence-corrected chi connectivity index (χ2v) is 8.43. The van der Waals surface area contributed by atoms with Crippen molar-refractivity contribution < 1.29 is 13.6 Å². The molecule has 0 aliphatic rings. The molecule has 0 saturated heterocycles. The SMILES string of the molecule is Cc1ccc(-c2nnc(CCC(=O)NCc3cn(-c4ccccc4)nc3-c3ccc(F)cc3)o2)cc1. The highest BCUT2D eigenvalue weighted by Crippen LogP contribution is 2.24. The molecule has 0 aliphatic carbocycles. The molecule has 0 atom stereocenters. The van der Waals surface area contributed by atoms with Crippen LogP contribution in [0.4, 0.5) is 4.39 Å². The zero-order valence-electron chi connectivity index (χ0n) is 19.7. The number of benzene rings is 3. The molecule has 2 heterocycles. The third-order valence-corrected chi connectivity index (χ3v) is 5.74. The Kier molecular flexibility index (Phi) is 6.66. The maximum Gasteiger partial charge on any atom is 0.247 e. The van der Waals surface area contributed by atoms with Gasteiger partial charge in [-0.3, -0.25) is 4.79 Å². The number of para-hydroxylation sites is 1. The van der Waals surface area contributed by atoms with Crippen LogP contribution in [0, 0.1) is 12.7 Å². The van der Waals surface area contributed by atoms with Crippen LogP contribution < -0.4 is 5.32 Å². The smallest absolute Gasteiger partial charge is 0.247 e. The van der Waals surface area contributed by atoms with Gasteiger partial charge in [-0.2, -0.15) is 5.10 Å². The van der Waals surface area contributed by atoms with Crippen LogP contribution in [-0.4, -0.2) is 25.9 Å². The Morgan fingerprint density at radius 1 is 0.944 bits per heavy atom. The van der Waals surface area contributed by atoms with Gasteiger partial charge in [0.15, 0.2) is 0 Å². The van der Waals surface area contributed by atoms with E-state index < -0.39 is 0 Å². The van der Waals surface area contributed by atoms with Gasteiger partial charge in [-0.1, -0.05) is 35.9 Å². The minimum atomic E-state index is -0.317. The lowest BCUT2D eigenvalue weighted by Crippen LogP contribution is -2.23. The number of carbonyl (C=O) groups excluding carboxylic acids is 1. The molecule has 0 aliphatic heterocycles. The quantitative estimate of drug-likeness (QED) is 0.326. The first-order valence-electron chi connectivity index (χ1n) is 11.6. The minimum Gasteiger partial charge on any atom is -0.421 e. The Morgan fingerprint density at radius 2 is 1.67 bits per heavy atom. The van der Waals surface area contributed by atoms with Crippen molar-refractivity contribution in [2.45, 2.75) is 26.3 Å². The predicted octanol–water partition coefficient (Wildman–Crippen LogP) is 5.29. The summed E-state index contributed by atoms with van der Waals surface area (Å²) >= 11 is 0. The topological polar surface area (TPSA) is 85.8 Å². The van der Waals surface area contributed by atoms with E-state index in [-0.39, 0.29) is 24.7 Å². The summed E-state index contributed by atoms with van der Waals surface area (Å²) in [6.07, 6.45) is 2.41. The van der Waals surface area contributed by atoms with Gasteiger partial charge in [0.25, 0.3) is 0 Å². The van der Waals surface area contributed by atoms with Gasteiger partial charge in [-0.05, 0) is 55.5 Å². The van der Waals surface area contributed by atoms with Gasteiger partial charge in [-0.25, -0.2) is 9.07 Å². The molecule has 0 spiro atoms. The summed E-state index contributed by atoms with van der Waals surface area (Å²) in [7, 11) is 0. The molecule has 0 saturated carbocycles. The molecule has 0 unspecified atom stereocenters. The standard InChI is InChI=1S/C28H24FN5O2/c1-19-7-9-21(10-8-19)28-32-31-26(36-28)16-15-25(35)30-17-22-18-34(24-5-3-2-4-6-24)33-27(22)20-11-13-23(29)14-12-20/h2-14,18H,15-17H2,1H3,(H,30,35). The molecule has 36 heavy (non-hydrogen) atoms. The average Bonchev–Trinajstić information content (AvgIpc) is 3.55. The second kappa shape index (κ2) is 10.4. The Bertz CT molecular complexity index is 1460. The molecule has 2 aromatic heterocycles. The molecule has 1 N–H and O–H groups in total. The van der Waals surface area contributed by atoms with E-state index in [1.807, 2.05) is 67.7 Å². The van der Waals surface area contributed by atoms with E-state index in [0.717, 1.165) is 27.9 Å². The number of nitrogens with zero attached hydrogens (tertiary/aromatic N) is 4. The molecule has 0 radical (unpaired) electrons. The van der Waals surface area contributed by atoms with Gasteiger partial charge in [0.2, 0.25) is 17.7 Å². The Morgan fingerprint density at radius 3 is 2.42 bits per heavy atom. The van der Waals surface area contributed by atoms with Crippen LogP contribution >= 0.6 is 0 Å². The van der Waals surface area contributed by atoms with Gasteiger partial charge in [-0.15, -0.1) is 10.2 Å². The number of hydrogen-bond acceptors (Lipinski definition) is 5. The number of aromatic nitrogens is 4. The van der Waals surface area contributed by atoms with Crippen LogP contribution in [0.15, 0.2) is 89.5 Å². The second-order valence-electron chi connectivity index (χ2n) is 8.43. The first-order valence-corrected chi connectivity index (χ1v) is 11.6. The van der Waals surface area contributed by atoms with Crippen LogP contribution in [-0.2, 0) is 17.8 Å². The molecule has 5 rings (SSSR count). The van der Waals surface area contributed by atoms with E-state index >= 15 is 0 Å². The highest BCUT2D eigenvalue weighted by molar-refractivity contribution is 5.76. The molecule has 5 aromatic rings. The lowest BCUT2D eigenvalue weighted by atomic mass is 10.1. The largest absolute Gasteiger partial charge is 0.421 e. The lowest BCUT2D eigenvalue weighted by molar-refractivity contribution is -0.121. The zero-order chi connectivity index (χ0) is 24.9. The summed E-state index contributed by atoms with van der Waals surface area (Å²) in [5, 5.41) is 15.8. The molecular weight excluding hydrogens is 457 g/mol. The monoisotopic (exact) mass is 481 g/mol. The lowest BCUT2D eigenvalue weighted by Gasteiger charge is -2.05. The van der Waals surface area contributed by atoms with E-state index in [2.05, 4.69) is 15.5 Å². The summed E-state index contributed by atoms with van der Waals surface area (Å²) in [6.45, 7) is 2.29. The first-order chi connectivity index (χ1) is 17.5. The minimum absolute atomic E-state index is 0.150. The van der Waals surface area contributed by atoms with Gasteiger partial charge in [0, 0.05) is 42.3 Å². The summed E-state index contributed by atoms with van der Waals surface area (Å²) in [4.78, 5) is 12.6. The Labute approximate surface area is 207 Å². The number of hydrogen-bond donors (Lipinski definition) is 1. The van der Waals surface area contributed by atoms with Crippen molar-refractivity contribution in [3.8, 4) is 28.4 Å². The number of rotatable bonds is 8. The Hall–Kier alpha value is -4.59. The van der Waals surface area contributed by atoms with Crippen molar-refractivity contribution in [3.63, 3.8) is 0 Å². The van der Waals surface area contributed by atoms with E-state index in [9.17, 15) is 9.18 Å². The van der Waals surface area contributed by atoms with E-state index in [1.165, 1.54) is 12.1 Å². The van der Waals surface area contributed by atoms with Gasteiger partial charge >= 0.3 is 0 Å². The third-order valence-electron chi connectivity index (χ3n) is 5.74. The van der Waals surface area contributed by atoms with Crippen LogP contribution in [0.3, 0.4) is 0 Å². The van der Waals surface area contributed by atoms with Gasteiger partial charge < -0.3 is 9.73 Å². The molecule has 3 aromatic carbocycles. The van der Waals surface area contributed by atoms with Gasteiger partial charge in [0.05, 0.1) is 11.4 Å². The first kappa shape index (κ1) is 23.2. The summed E-state index contributed by atoms with van der Waals surface area (Å²) in [5.41, 5.74) is 5.14. The summed E-state index contributed by atoms with van der Waals surface area (Å²) in [6, 6.07) is 23.6. The van der Waals surface area contributed by atoms with Crippen LogP contribution in [0.2, 0.25) is 0 Å². The van der Waals surface area contributed by atoms with Crippen molar-refractivity contribution >= 4 is 5.91 Å². The van der Waals surface area contributed by atoms with Crippen molar-refractivity contribution in [1.82, 2.24) is 25.3 Å². The highest BCUT2D eigenvalue weighted by Gasteiger charge is 2.15. The van der Waals surface area contributed by atoms with E-state index in [0.29, 0.717) is 23.9 Å². The fourth-order valence-corrected chi connectivity index (χ4v) is 3.77. The van der Waals surface area contributed by atoms with Crippen LogP contribution in [0.1, 0.15) is 23.4 Å². The predicted molar refractivity (Wildman–Crippen MR) is 134 cm³/mol. The zero-order valence-corrected chi connectivity index (χ0v) is 19.7. The molecular formula is C28H24FN5O2. The van der Waals surface area contributed by atoms with E-state index in [1.54, 1.807) is 16.8 Å². The van der Waals surface area contributed by atoms with Crippen molar-refractivity contribution in [1.29, 1.82) is 0 Å². The van der Waals surface area contributed by atoms with Crippen LogP contribution in [0.5, 0.6) is 0 Å². The molecule has 8 heteroatoms. The Balaban J connectivity index is 1.25. The number of halogens is 1. The van der Waals surface area contributed by atoms with Crippen molar-refractivity contribution in [2.75, 3.05) is 0 Å². The highest BCUT2D eigenvalue weighted by atomic mass is 19.1. The number of nitrogens with one attached hydrogen (secondary N) is 1. The summed E-state index contributed by atoms with van der Waals surface area (Å²) in [5.74, 6) is 0.373. The number of amides is 1.